The molecule has 5 nitrogen and oxygen atoms in total. The molecule has 0 aromatic heterocycles. The Morgan fingerprint density at radius 1 is 1.33 bits per heavy atom. The van der Waals surface area contributed by atoms with Crippen LogP contribution in [-0.2, 0) is 14.3 Å². The Labute approximate surface area is 113 Å². The van der Waals surface area contributed by atoms with E-state index >= 15 is 0 Å². The van der Waals surface area contributed by atoms with Crippen molar-refractivity contribution in [3.63, 3.8) is 0 Å². The third-order valence-corrected chi connectivity index (χ3v) is 3.27. The molecule has 0 saturated heterocycles. The quantitative estimate of drug-likeness (QED) is 0.456. The van der Waals surface area contributed by atoms with Crippen molar-refractivity contribution in [2.24, 2.45) is 0 Å². The minimum Gasteiger partial charge on any atom is -0.465 e. The summed E-state index contributed by atoms with van der Waals surface area (Å²) in [6.07, 6.45) is 1.65. The fraction of sp³-hybridized carbons (Fsp3) is 0.833. The molecule has 2 N–H and O–H groups in total. The van der Waals surface area contributed by atoms with Gasteiger partial charge in [0.1, 0.15) is 6.04 Å². The molecular weight excluding hydrogens is 252 g/mol. The van der Waals surface area contributed by atoms with Crippen molar-refractivity contribution < 1.29 is 14.3 Å². The van der Waals surface area contributed by atoms with Crippen LogP contribution < -0.4 is 10.6 Å². The molecule has 0 aromatic rings. The van der Waals surface area contributed by atoms with E-state index in [1.165, 1.54) is 11.8 Å². The van der Waals surface area contributed by atoms with Crippen LogP contribution in [-0.4, -0.2) is 49.6 Å². The molecule has 1 unspecified atom stereocenters. The number of rotatable bonds is 10. The zero-order valence-corrected chi connectivity index (χ0v) is 12.3. The SMILES string of the molecule is CCCNC(CCSCC(=O)NC)C(=O)OCC. The van der Waals surface area contributed by atoms with E-state index in [-0.39, 0.29) is 17.9 Å². The summed E-state index contributed by atoms with van der Waals surface area (Å²) in [7, 11) is 1.62. The second kappa shape index (κ2) is 11.3. The zero-order valence-electron chi connectivity index (χ0n) is 11.5. The highest BCUT2D eigenvalue weighted by atomic mass is 32.2. The van der Waals surface area contributed by atoms with Crippen LogP contribution in [0.2, 0.25) is 0 Å². The Morgan fingerprint density at radius 2 is 2.06 bits per heavy atom. The van der Waals surface area contributed by atoms with E-state index < -0.39 is 0 Å². The van der Waals surface area contributed by atoms with Gasteiger partial charge >= 0.3 is 5.97 Å². The van der Waals surface area contributed by atoms with Crippen LogP contribution in [0.15, 0.2) is 0 Å². The van der Waals surface area contributed by atoms with Gasteiger partial charge in [-0.2, -0.15) is 11.8 Å². The second-order valence-corrected chi connectivity index (χ2v) is 4.88. The van der Waals surface area contributed by atoms with Crippen LogP contribution in [0.25, 0.3) is 0 Å². The van der Waals surface area contributed by atoms with Gasteiger partial charge in [-0.05, 0) is 32.1 Å². The highest BCUT2D eigenvalue weighted by Gasteiger charge is 2.18. The van der Waals surface area contributed by atoms with Crippen molar-refractivity contribution in [3.05, 3.63) is 0 Å². The fourth-order valence-electron chi connectivity index (χ4n) is 1.30. The number of nitrogens with one attached hydrogen (secondary N) is 2. The van der Waals surface area contributed by atoms with Gasteiger partial charge in [-0.3, -0.25) is 9.59 Å². The molecule has 0 saturated carbocycles. The van der Waals surface area contributed by atoms with Crippen molar-refractivity contribution in [3.8, 4) is 0 Å². The van der Waals surface area contributed by atoms with E-state index in [0.717, 1.165) is 18.7 Å². The topological polar surface area (TPSA) is 67.4 Å². The first-order valence-corrected chi connectivity index (χ1v) is 7.49. The summed E-state index contributed by atoms with van der Waals surface area (Å²) < 4.78 is 5.01. The van der Waals surface area contributed by atoms with Crippen LogP contribution in [0.5, 0.6) is 0 Å². The minimum absolute atomic E-state index is 0.00852. The average Bonchev–Trinajstić information content (AvgIpc) is 2.37. The third-order valence-electron chi connectivity index (χ3n) is 2.27. The van der Waals surface area contributed by atoms with Crippen LogP contribution in [0, 0.1) is 0 Å². The summed E-state index contributed by atoms with van der Waals surface area (Å²) in [5.74, 6) is 0.994. The molecule has 6 heteroatoms. The van der Waals surface area contributed by atoms with Crippen LogP contribution >= 0.6 is 11.8 Å². The fourth-order valence-corrected chi connectivity index (χ4v) is 2.18. The number of amides is 1. The van der Waals surface area contributed by atoms with Crippen LogP contribution in [0.4, 0.5) is 0 Å². The molecule has 0 radical (unpaired) electrons. The normalized spacial score (nSPS) is 11.9. The summed E-state index contributed by atoms with van der Waals surface area (Å²) in [6, 6.07) is -0.262. The Balaban J connectivity index is 3.92. The lowest BCUT2D eigenvalue weighted by molar-refractivity contribution is -0.145. The molecule has 0 aliphatic carbocycles. The molecular formula is C12H24N2O3S. The smallest absolute Gasteiger partial charge is 0.323 e. The maximum absolute atomic E-state index is 11.7. The number of ether oxygens (including phenoxy) is 1. The van der Waals surface area contributed by atoms with Gasteiger partial charge in [0.15, 0.2) is 0 Å². The number of hydrogen-bond donors (Lipinski definition) is 2. The summed E-state index contributed by atoms with van der Waals surface area (Å²) in [5, 5.41) is 5.73. The average molecular weight is 276 g/mol. The first kappa shape index (κ1) is 17.2. The molecule has 0 rings (SSSR count). The van der Waals surface area contributed by atoms with Gasteiger partial charge in [-0.1, -0.05) is 6.92 Å². The van der Waals surface area contributed by atoms with Gasteiger partial charge in [0, 0.05) is 7.05 Å². The number of carbonyl (C=O) groups is 2. The van der Waals surface area contributed by atoms with Crippen molar-refractivity contribution in [2.45, 2.75) is 32.7 Å². The molecule has 0 heterocycles. The molecule has 0 fully saturated rings. The maximum atomic E-state index is 11.7. The van der Waals surface area contributed by atoms with E-state index in [1.54, 1.807) is 14.0 Å². The Morgan fingerprint density at radius 3 is 2.61 bits per heavy atom. The first-order valence-electron chi connectivity index (χ1n) is 6.34. The molecule has 0 aliphatic rings. The second-order valence-electron chi connectivity index (χ2n) is 3.77. The molecule has 0 spiro atoms. The number of thioether (sulfide) groups is 1. The molecule has 0 aliphatic heterocycles. The lowest BCUT2D eigenvalue weighted by atomic mass is 10.2. The van der Waals surface area contributed by atoms with Crippen LogP contribution in [0.3, 0.4) is 0 Å². The Kier molecular flexibility index (Phi) is 10.9. The van der Waals surface area contributed by atoms with Gasteiger partial charge in [0.2, 0.25) is 5.91 Å². The highest BCUT2D eigenvalue weighted by molar-refractivity contribution is 7.99. The molecule has 106 valence electrons. The van der Waals surface area contributed by atoms with Crippen LogP contribution in [0.1, 0.15) is 26.7 Å². The van der Waals surface area contributed by atoms with E-state index in [9.17, 15) is 9.59 Å². The van der Waals surface area contributed by atoms with E-state index in [4.69, 9.17) is 4.74 Å². The molecule has 1 amide bonds. The summed E-state index contributed by atoms with van der Waals surface area (Å²) in [5.41, 5.74) is 0. The van der Waals surface area contributed by atoms with Gasteiger partial charge in [-0.15, -0.1) is 0 Å². The monoisotopic (exact) mass is 276 g/mol. The van der Waals surface area contributed by atoms with E-state index in [1.807, 2.05) is 0 Å². The lowest BCUT2D eigenvalue weighted by Gasteiger charge is -2.16. The van der Waals surface area contributed by atoms with E-state index in [2.05, 4.69) is 17.6 Å². The van der Waals surface area contributed by atoms with Gasteiger partial charge in [0.25, 0.3) is 0 Å². The number of hydrogen-bond acceptors (Lipinski definition) is 5. The first-order chi connectivity index (χ1) is 8.65. The van der Waals surface area contributed by atoms with Gasteiger partial charge in [0.05, 0.1) is 12.4 Å². The standard InChI is InChI=1S/C12H24N2O3S/c1-4-7-14-10(12(16)17-5-2)6-8-18-9-11(15)13-3/h10,14H,4-9H2,1-3H3,(H,13,15). The van der Waals surface area contributed by atoms with Gasteiger partial charge < -0.3 is 15.4 Å². The highest BCUT2D eigenvalue weighted by Crippen LogP contribution is 2.06. The molecule has 1 atom stereocenters. The molecule has 0 aromatic carbocycles. The number of carbonyl (C=O) groups excluding carboxylic acids is 2. The van der Waals surface area contributed by atoms with Crippen molar-refractivity contribution in [2.75, 3.05) is 31.7 Å². The maximum Gasteiger partial charge on any atom is 0.323 e. The van der Waals surface area contributed by atoms with Gasteiger partial charge in [-0.25, -0.2) is 0 Å². The minimum atomic E-state index is -0.262. The predicted molar refractivity (Wildman–Crippen MR) is 74.7 cm³/mol. The lowest BCUT2D eigenvalue weighted by Crippen LogP contribution is -2.39. The third kappa shape index (κ3) is 8.36. The largest absolute Gasteiger partial charge is 0.465 e. The van der Waals surface area contributed by atoms with Crippen molar-refractivity contribution in [1.29, 1.82) is 0 Å². The Hall–Kier alpha value is -0.750. The van der Waals surface area contributed by atoms with Crippen molar-refractivity contribution >= 4 is 23.6 Å². The summed E-state index contributed by atoms with van der Waals surface area (Å²) in [4.78, 5) is 22.7. The Bertz CT molecular complexity index is 249. The summed E-state index contributed by atoms with van der Waals surface area (Å²) in [6.45, 7) is 5.04. The number of esters is 1. The van der Waals surface area contributed by atoms with E-state index in [0.29, 0.717) is 18.8 Å². The van der Waals surface area contributed by atoms with Crippen molar-refractivity contribution in [1.82, 2.24) is 10.6 Å². The molecule has 18 heavy (non-hydrogen) atoms. The zero-order chi connectivity index (χ0) is 13.8. The molecule has 0 bridgehead atoms. The summed E-state index contributed by atoms with van der Waals surface area (Å²) >= 11 is 1.52. The predicted octanol–water partition coefficient (Wildman–Crippen LogP) is 0.787.